The molecule has 0 aliphatic rings. The van der Waals surface area contributed by atoms with Crippen LogP contribution in [0.25, 0.3) is 18.2 Å². The average molecular weight is 246 g/mol. The molecule has 0 N–H and O–H groups in total. The van der Waals surface area contributed by atoms with E-state index < -0.39 is 0 Å². The molecule has 0 bridgehead atoms. The van der Waals surface area contributed by atoms with Crippen molar-refractivity contribution in [3.05, 3.63) is 65.1 Å². The summed E-state index contributed by atoms with van der Waals surface area (Å²) in [5, 5.41) is 17.3. The van der Waals surface area contributed by atoms with Gasteiger partial charge in [0, 0.05) is 6.08 Å². The molecule has 0 amide bonds. The first-order valence-electron chi connectivity index (χ1n) is 5.66. The van der Waals surface area contributed by atoms with Gasteiger partial charge in [-0.1, -0.05) is 36.4 Å². The zero-order valence-electron chi connectivity index (χ0n) is 10.1. The van der Waals surface area contributed by atoms with Crippen molar-refractivity contribution in [3.63, 3.8) is 0 Å². The SMILES string of the molecule is N#CC(C#N)=Cc1ccc(C=Cc2ccccc2)o1. The first-order valence-corrected chi connectivity index (χ1v) is 5.66. The Morgan fingerprint density at radius 3 is 2.26 bits per heavy atom. The summed E-state index contributed by atoms with van der Waals surface area (Å²) in [4.78, 5) is 0. The Kier molecular flexibility index (Phi) is 3.95. The highest BCUT2D eigenvalue weighted by molar-refractivity contribution is 5.68. The molecular formula is C16H10N2O. The van der Waals surface area contributed by atoms with Gasteiger partial charge in [0.25, 0.3) is 0 Å². The van der Waals surface area contributed by atoms with Gasteiger partial charge in [0.15, 0.2) is 0 Å². The number of rotatable bonds is 3. The average Bonchev–Trinajstić information content (AvgIpc) is 2.91. The summed E-state index contributed by atoms with van der Waals surface area (Å²) in [5.74, 6) is 1.16. The molecule has 90 valence electrons. The minimum Gasteiger partial charge on any atom is -0.457 e. The van der Waals surface area contributed by atoms with Gasteiger partial charge in [-0.3, -0.25) is 0 Å². The predicted octanol–water partition coefficient (Wildman–Crippen LogP) is 3.88. The molecule has 1 aromatic carbocycles. The van der Waals surface area contributed by atoms with E-state index in [4.69, 9.17) is 14.9 Å². The minimum atomic E-state index is 0.0212. The Labute approximate surface area is 111 Å². The third kappa shape index (κ3) is 3.46. The molecule has 2 aromatic rings. The topological polar surface area (TPSA) is 60.7 Å². The highest BCUT2D eigenvalue weighted by Crippen LogP contribution is 2.14. The maximum Gasteiger partial charge on any atom is 0.133 e. The smallest absolute Gasteiger partial charge is 0.133 e. The normalized spacial score (nSPS) is 9.79. The second-order valence-corrected chi connectivity index (χ2v) is 3.77. The Morgan fingerprint density at radius 1 is 0.895 bits per heavy atom. The van der Waals surface area contributed by atoms with Crippen LogP contribution < -0.4 is 0 Å². The Morgan fingerprint density at radius 2 is 1.58 bits per heavy atom. The maximum absolute atomic E-state index is 8.65. The highest BCUT2D eigenvalue weighted by Gasteiger charge is 1.99. The van der Waals surface area contributed by atoms with E-state index in [1.54, 1.807) is 24.3 Å². The van der Waals surface area contributed by atoms with E-state index in [1.165, 1.54) is 6.08 Å². The number of furan rings is 1. The van der Waals surface area contributed by atoms with E-state index >= 15 is 0 Å². The van der Waals surface area contributed by atoms with E-state index in [9.17, 15) is 0 Å². The quantitative estimate of drug-likeness (QED) is 0.772. The molecule has 19 heavy (non-hydrogen) atoms. The molecule has 0 aliphatic heterocycles. The summed E-state index contributed by atoms with van der Waals surface area (Å²) in [7, 11) is 0. The van der Waals surface area contributed by atoms with Crippen molar-refractivity contribution in [1.29, 1.82) is 10.5 Å². The molecular weight excluding hydrogens is 236 g/mol. The standard InChI is InChI=1S/C16H10N2O/c17-11-14(12-18)10-16-9-8-15(19-16)7-6-13-4-2-1-3-5-13/h1-10H. The van der Waals surface area contributed by atoms with E-state index in [2.05, 4.69) is 0 Å². The highest BCUT2D eigenvalue weighted by atomic mass is 16.3. The van der Waals surface area contributed by atoms with E-state index in [0.29, 0.717) is 11.5 Å². The summed E-state index contributed by atoms with van der Waals surface area (Å²) in [5.41, 5.74) is 1.10. The monoisotopic (exact) mass is 246 g/mol. The van der Waals surface area contributed by atoms with Crippen molar-refractivity contribution in [2.24, 2.45) is 0 Å². The van der Waals surface area contributed by atoms with Crippen molar-refractivity contribution < 1.29 is 4.42 Å². The molecule has 0 aliphatic carbocycles. The number of hydrogen-bond donors (Lipinski definition) is 0. The largest absolute Gasteiger partial charge is 0.457 e. The number of nitrogens with zero attached hydrogens (tertiary/aromatic N) is 2. The van der Waals surface area contributed by atoms with Crippen LogP contribution >= 0.6 is 0 Å². The lowest BCUT2D eigenvalue weighted by molar-refractivity contribution is 0.547. The fraction of sp³-hybridized carbons (Fsp3) is 0. The second kappa shape index (κ2) is 6.05. The predicted molar refractivity (Wildman–Crippen MR) is 73.3 cm³/mol. The Hall–Kier alpha value is -3.04. The lowest BCUT2D eigenvalue weighted by Gasteiger charge is -1.90. The second-order valence-electron chi connectivity index (χ2n) is 3.77. The lowest BCUT2D eigenvalue weighted by Crippen LogP contribution is -1.71. The number of nitriles is 2. The van der Waals surface area contributed by atoms with Crippen molar-refractivity contribution in [3.8, 4) is 12.1 Å². The summed E-state index contributed by atoms with van der Waals surface area (Å²) in [6.07, 6.45) is 5.19. The van der Waals surface area contributed by atoms with Gasteiger partial charge in [-0.15, -0.1) is 0 Å². The van der Waals surface area contributed by atoms with Gasteiger partial charge >= 0.3 is 0 Å². The molecule has 1 heterocycles. The fourth-order valence-electron chi connectivity index (χ4n) is 1.51. The van der Waals surface area contributed by atoms with Gasteiger partial charge in [0.05, 0.1) is 0 Å². The third-order valence-electron chi connectivity index (χ3n) is 2.41. The van der Waals surface area contributed by atoms with Crippen LogP contribution in [0.1, 0.15) is 17.1 Å². The van der Waals surface area contributed by atoms with Crippen LogP contribution in [0.5, 0.6) is 0 Å². The summed E-state index contributed by atoms with van der Waals surface area (Å²) in [6.45, 7) is 0. The summed E-state index contributed by atoms with van der Waals surface area (Å²) in [6, 6.07) is 16.9. The molecule has 0 unspecified atom stereocenters. The van der Waals surface area contributed by atoms with Crippen LogP contribution in [0.2, 0.25) is 0 Å². The van der Waals surface area contributed by atoms with Gasteiger partial charge in [-0.05, 0) is 23.8 Å². The zero-order valence-corrected chi connectivity index (χ0v) is 10.1. The molecule has 1 aromatic heterocycles. The molecule has 0 saturated heterocycles. The van der Waals surface area contributed by atoms with Crippen LogP contribution in [0.3, 0.4) is 0 Å². The number of hydrogen-bond acceptors (Lipinski definition) is 3. The third-order valence-corrected chi connectivity index (χ3v) is 2.41. The molecule has 0 fully saturated rings. The fourth-order valence-corrected chi connectivity index (χ4v) is 1.51. The van der Waals surface area contributed by atoms with Crippen molar-refractivity contribution in [1.82, 2.24) is 0 Å². The number of allylic oxidation sites excluding steroid dienone is 1. The van der Waals surface area contributed by atoms with Crippen molar-refractivity contribution in [2.75, 3.05) is 0 Å². The van der Waals surface area contributed by atoms with Crippen LogP contribution in [0, 0.1) is 22.7 Å². The molecule has 0 saturated carbocycles. The lowest BCUT2D eigenvalue weighted by atomic mass is 10.2. The summed E-state index contributed by atoms with van der Waals surface area (Å²) < 4.78 is 5.47. The molecule has 3 nitrogen and oxygen atoms in total. The zero-order chi connectivity index (χ0) is 13.5. The van der Waals surface area contributed by atoms with Crippen LogP contribution in [0.4, 0.5) is 0 Å². The van der Waals surface area contributed by atoms with Gasteiger partial charge < -0.3 is 4.42 Å². The Bertz CT molecular complexity index is 678. The van der Waals surface area contributed by atoms with Crippen molar-refractivity contribution in [2.45, 2.75) is 0 Å². The molecule has 0 spiro atoms. The van der Waals surface area contributed by atoms with Crippen LogP contribution in [-0.4, -0.2) is 0 Å². The maximum atomic E-state index is 8.65. The number of benzene rings is 1. The van der Waals surface area contributed by atoms with Crippen molar-refractivity contribution >= 4 is 18.2 Å². The Balaban J connectivity index is 2.15. The molecule has 2 rings (SSSR count). The molecule has 0 atom stereocenters. The molecule has 0 radical (unpaired) electrons. The van der Waals surface area contributed by atoms with E-state index in [-0.39, 0.29) is 5.57 Å². The van der Waals surface area contributed by atoms with E-state index in [1.807, 2.05) is 42.5 Å². The van der Waals surface area contributed by atoms with Gasteiger partial charge in [-0.25, -0.2) is 0 Å². The van der Waals surface area contributed by atoms with Gasteiger partial charge in [0.2, 0.25) is 0 Å². The first-order chi connectivity index (χ1) is 9.31. The van der Waals surface area contributed by atoms with Gasteiger partial charge in [0.1, 0.15) is 29.2 Å². The van der Waals surface area contributed by atoms with Crippen LogP contribution in [0.15, 0.2) is 52.5 Å². The van der Waals surface area contributed by atoms with E-state index in [0.717, 1.165) is 5.56 Å². The van der Waals surface area contributed by atoms with Gasteiger partial charge in [-0.2, -0.15) is 10.5 Å². The molecule has 3 heteroatoms. The first kappa shape index (κ1) is 12.4. The summed E-state index contributed by atoms with van der Waals surface area (Å²) >= 11 is 0. The minimum absolute atomic E-state index is 0.0212. The van der Waals surface area contributed by atoms with Crippen LogP contribution in [-0.2, 0) is 0 Å².